The largest absolute Gasteiger partial charge is 0.504 e. The molecule has 0 saturated heterocycles. The predicted molar refractivity (Wildman–Crippen MR) is 77.3 cm³/mol. The molecule has 0 heterocycles. The third-order valence-electron chi connectivity index (χ3n) is 2.85. The number of phenolic OH excluding ortho intramolecular Hbond substituents is 2. The smallest absolute Gasteiger partial charge is 0.251 e. The van der Waals surface area contributed by atoms with Crippen LogP contribution in [0.25, 0.3) is 0 Å². The fourth-order valence-corrected chi connectivity index (χ4v) is 1.86. The van der Waals surface area contributed by atoms with Gasteiger partial charge in [0, 0.05) is 17.1 Å². The van der Waals surface area contributed by atoms with Gasteiger partial charge in [0.2, 0.25) is 0 Å². The summed E-state index contributed by atoms with van der Waals surface area (Å²) in [5.74, 6) is -0.854. The summed E-state index contributed by atoms with van der Waals surface area (Å²) in [6.45, 7) is 0.474. The number of aromatic hydroxyl groups is 2. The number of carbonyl (C=O) groups excluding carboxylic acids is 1. The zero-order valence-electron chi connectivity index (χ0n) is 10.6. The van der Waals surface area contributed by atoms with Gasteiger partial charge in [-0.25, -0.2) is 0 Å². The van der Waals surface area contributed by atoms with Crippen molar-refractivity contribution in [3.63, 3.8) is 0 Å². The van der Waals surface area contributed by atoms with E-state index >= 15 is 0 Å². The Morgan fingerprint density at radius 2 is 1.75 bits per heavy atom. The molecule has 5 heteroatoms. The van der Waals surface area contributed by atoms with Gasteiger partial charge < -0.3 is 15.5 Å². The van der Waals surface area contributed by atoms with Gasteiger partial charge in [-0.2, -0.15) is 0 Å². The quantitative estimate of drug-likeness (QED) is 0.759. The Morgan fingerprint density at radius 3 is 2.40 bits per heavy atom. The number of benzene rings is 2. The van der Waals surface area contributed by atoms with Gasteiger partial charge in [-0.1, -0.05) is 23.7 Å². The fourth-order valence-electron chi connectivity index (χ4n) is 1.74. The van der Waals surface area contributed by atoms with E-state index in [0.29, 0.717) is 23.6 Å². The minimum absolute atomic E-state index is 0.247. The molecule has 0 aromatic heterocycles. The lowest BCUT2D eigenvalue weighted by Gasteiger charge is -2.06. The number of carbonyl (C=O) groups is 1. The highest BCUT2D eigenvalue weighted by Crippen LogP contribution is 2.24. The second-order valence-electron chi connectivity index (χ2n) is 4.34. The molecule has 0 aliphatic heterocycles. The van der Waals surface area contributed by atoms with E-state index in [0.717, 1.165) is 5.56 Å². The lowest BCUT2D eigenvalue weighted by atomic mass is 10.1. The molecule has 2 aromatic carbocycles. The van der Waals surface area contributed by atoms with Crippen molar-refractivity contribution in [2.45, 2.75) is 6.42 Å². The molecule has 0 spiro atoms. The third-order valence-corrected chi connectivity index (χ3v) is 3.10. The molecule has 0 aliphatic carbocycles. The monoisotopic (exact) mass is 291 g/mol. The zero-order chi connectivity index (χ0) is 14.5. The summed E-state index contributed by atoms with van der Waals surface area (Å²) in [6, 6.07) is 11.4. The minimum atomic E-state index is -0.310. The molecule has 104 valence electrons. The fraction of sp³-hybridized carbons (Fsp3) is 0.133. The SMILES string of the molecule is O=C(NCCc1ccc(Cl)cc1)c1ccc(O)c(O)c1. The first-order valence-corrected chi connectivity index (χ1v) is 6.48. The van der Waals surface area contributed by atoms with Gasteiger partial charge in [0.05, 0.1) is 0 Å². The number of hydrogen-bond acceptors (Lipinski definition) is 3. The Bertz CT molecular complexity index is 611. The first-order valence-electron chi connectivity index (χ1n) is 6.11. The summed E-state index contributed by atoms with van der Waals surface area (Å²) >= 11 is 5.79. The van der Waals surface area contributed by atoms with E-state index in [1.54, 1.807) is 12.1 Å². The summed E-state index contributed by atoms with van der Waals surface area (Å²) in [4.78, 5) is 11.8. The molecule has 1 amide bonds. The summed E-state index contributed by atoms with van der Waals surface area (Å²) in [5.41, 5.74) is 1.37. The maximum absolute atomic E-state index is 11.8. The molecule has 0 bridgehead atoms. The van der Waals surface area contributed by atoms with E-state index in [9.17, 15) is 15.0 Å². The zero-order valence-corrected chi connectivity index (χ0v) is 11.4. The van der Waals surface area contributed by atoms with E-state index in [1.807, 2.05) is 12.1 Å². The number of nitrogens with one attached hydrogen (secondary N) is 1. The Hall–Kier alpha value is -2.20. The summed E-state index contributed by atoms with van der Waals surface area (Å²) in [6.07, 6.45) is 0.687. The topological polar surface area (TPSA) is 69.6 Å². The average molecular weight is 292 g/mol. The van der Waals surface area contributed by atoms with Crippen molar-refractivity contribution in [3.05, 3.63) is 58.6 Å². The lowest BCUT2D eigenvalue weighted by Crippen LogP contribution is -2.25. The molecule has 0 unspecified atom stereocenters. The van der Waals surface area contributed by atoms with Crippen LogP contribution in [-0.2, 0) is 6.42 Å². The van der Waals surface area contributed by atoms with Crippen LogP contribution in [0.4, 0.5) is 0 Å². The Balaban J connectivity index is 1.88. The van der Waals surface area contributed by atoms with Crippen LogP contribution in [0, 0.1) is 0 Å². The van der Waals surface area contributed by atoms with Gasteiger partial charge >= 0.3 is 0 Å². The van der Waals surface area contributed by atoms with Crippen LogP contribution >= 0.6 is 11.6 Å². The molecule has 0 saturated carbocycles. The van der Waals surface area contributed by atoms with E-state index in [-0.39, 0.29) is 17.4 Å². The van der Waals surface area contributed by atoms with Gasteiger partial charge in [0.15, 0.2) is 11.5 Å². The van der Waals surface area contributed by atoms with E-state index in [2.05, 4.69) is 5.32 Å². The number of hydrogen-bond donors (Lipinski definition) is 3. The second kappa shape index (κ2) is 6.30. The first kappa shape index (κ1) is 14.2. The summed E-state index contributed by atoms with van der Waals surface area (Å²) in [5, 5.41) is 21.9. The van der Waals surface area contributed by atoms with Crippen LogP contribution in [0.1, 0.15) is 15.9 Å². The van der Waals surface area contributed by atoms with Crippen LogP contribution in [0.2, 0.25) is 5.02 Å². The standard InChI is InChI=1S/C15H14ClNO3/c16-12-4-1-10(2-5-12)7-8-17-15(20)11-3-6-13(18)14(19)9-11/h1-6,9,18-19H,7-8H2,(H,17,20). The molecule has 4 nitrogen and oxygen atoms in total. The number of amides is 1. The Kier molecular flexibility index (Phi) is 4.48. The first-order chi connectivity index (χ1) is 9.56. The maximum Gasteiger partial charge on any atom is 0.251 e. The maximum atomic E-state index is 11.8. The normalized spacial score (nSPS) is 10.2. The van der Waals surface area contributed by atoms with Gasteiger partial charge in [0.1, 0.15) is 0 Å². The summed E-state index contributed by atoms with van der Waals surface area (Å²) < 4.78 is 0. The van der Waals surface area contributed by atoms with E-state index in [4.69, 9.17) is 11.6 Å². The minimum Gasteiger partial charge on any atom is -0.504 e. The molecule has 2 aromatic rings. The van der Waals surface area contributed by atoms with Crippen LogP contribution in [-0.4, -0.2) is 22.7 Å². The molecular formula is C15H14ClNO3. The van der Waals surface area contributed by atoms with Crippen molar-refractivity contribution in [1.82, 2.24) is 5.32 Å². The van der Waals surface area contributed by atoms with Crippen molar-refractivity contribution >= 4 is 17.5 Å². The Labute approximate surface area is 121 Å². The molecule has 0 radical (unpaired) electrons. The molecule has 3 N–H and O–H groups in total. The highest BCUT2D eigenvalue weighted by atomic mass is 35.5. The van der Waals surface area contributed by atoms with E-state index < -0.39 is 0 Å². The van der Waals surface area contributed by atoms with Crippen molar-refractivity contribution < 1.29 is 15.0 Å². The molecule has 0 fully saturated rings. The Morgan fingerprint density at radius 1 is 1.05 bits per heavy atom. The average Bonchev–Trinajstić information content (AvgIpc) is 2.44. The van der Waals surface area contributed by atoms with Gasteiger partial charge in [-0.15, -0.1) is 0 Å². The number of rotatable bonds is 4. The second-order valence-corrected chi connectivity index (χ2v) is 4.77. The highest BCUT2D eigenvalue weighted by Gasteiger charge is 2.08. The van der Waals surface area contributed by atoms with Crippen LogP contribution in [0.15, 0.2) is 42.5 Å². The highest BCUT2D eigenvalue weighted by molar-refractivity contribution is 6.30. The molecular weight excluding hydrogens is 278 g/mol. The van der Waals surface area contributed by atoms with Gasteiger partial charge in [0.25, 0.3) is 5.91 Å². The van der Waals surface area contributed by atoms with Gasteiger partial charge in [-0.05, 0) is 42.3 Å². The van der Waals surface area contributed by atoms with Crippen molar-refractivity contribution in [1.29, 1.82) is 0 Å². The molecule has 0 atom stereocenters. The van der Waals surface area contributed by atoms with Crippen LogP contribution in [0.5, 0.6) is 11.5 Å². The summed E-state index contributed by atoms with van der Waals surface area (Å²) in [7, 11) is 0. The number of phenols is 2. The predicted octanol–water partition coefficient (Wildman–Crippen LogP) is 2.72. The van der Waals surface area contributed by atoms with Crippen LogP contribution < -0.4 is 5.32 Å². The van der Waals surface area contributed by atoms with Crippen molar-refractivity contribution in [2.24, 2.45) is 0 Å². The van der Waals surface area contributed by atoms with Crippen molar-refractivity contribution in [3.8, 4) is 11.5 Å². The number of halogens is 1. The molecule has 2 rings (SSSR count). The van der Waals surface area contributed by atoms with E-state index in [1.165, 1.54) is 18.2 Å². The van der Waals surface area contributed by atoms with Crippen LogP contribution in [0.3, 0.4) is 0 Å². The molecule has 0 aliphatic rings. The third kappa shape index (κ3) is 3.65. The van der Waals surface area contributed by atoms with Crippen molar-refractivity contribution in [2.75, 3.05) is 6.54 Å². The van der Waals surface area contributed by atoms with Gasteiger partial charge in [-0.3, -0.25) is 4.79 Å². The lowest BCUT2D eigenvalue weighted by molar-refractivity contribution is 0.0953. The molecule has 20 heavy (non-hydrogen) atoms.